The normalized spacial score (nSPS) is 22.3. The molecule has 0 spiro atoms. The van der Waals surface area contributed by atoms with Gasteiger partial charge >= 0.3 is 0 Å². The average molecular weight is 243 g/mol. The van der Waals surface area contributed by atoms with Gasteiger partial charge in [-0.3, -0.25) is 0 Å². The first-order chi connectivity index (χ1) is 8.81. The van der Waals surface area contributed by atoms with Crippen molar-refractivity contribution in [2.24, 2.45) is 0 Å². The predicted octanol–water partition coefficient (Wildman–Crippen LogP) is 2.09. The number of rotatable bonds is 2. The number of aryl methyl sites for hydroxylation is 1. The molecule has 0 amide bonds. The number of ether oxygens (including phenoxy) is 1. The first kappa shape index (κ1) is 11.3. The molecule has 1 aliphatic heterocycles. The minimum atomic E-state index is 0.243. The minimum absolute atomic E-state index is 0.243. The third-order valence-corrected chi connectivity index (χ3v) is 3.58. The summed E-state index contributed by atoms with van der Waals surface area (Å²) in [5.74, 6) is 1.99. The highest BCUT2D eigenvalue weighted by Crippen LogP contribution is 2.37. The van der Waals surface area contributed by atoms with Crippen LogP contribution < -0.4 is 10.1 Å². The Balaban J connectivity index is 2.02. The van der Waals surface area contributed by atoms with Crippen LogP contribution in [0.1, 0.15) is 23.5 Å². The molecule has 18 heavy (non-hydrogen) atoms. The van der Waals surface area contributed by atoms with E-state index in [2.05, 4.69) is 27.0 Å². The van der Waals surface area contributed by atoms with Crippen molar-refractivity contribution in [1.82, 2.24) is 14.9 Å². The van der Waals surface area contributed by atoms with Gasteiger partial charge in [0.15, 0.2) is 0 Å². The van der Waals surface area contributed by atoms with Crippen LogP contribution in [-0.2, 0) is 0 Å². The van der Waals surface area contributed by atoms with Crippen LogP contribution >= 0.6 is 0 Å². The van der Waals surface area contributed by atoms with Crippen molar-refractivity contribution < 1.29 is 4.74 Å². The van der Waals surface area contributed by atoms with E-state index in [0.717, 1.165) is 11.6 Å². The number of benzene rings is 1. The average Bonchev–Trinajstić information content (AvgIpc) is 2.83. The number of imidazole rings is 1. The van der Waals surface area contributed by atoms with Crippen LogP contribution in [0.4, 0.5) is 0 Å². The molecule has 4 nitrogen and oxygen atoms in total. The largest absolute Gasteiger partial charge is 0.491 e. The van der Waals surface area contributed by atoms with E-state index in [0.29, 0.717) is 6.61 Å². The number of para-hydroxylation sites is 1. The zero-order valence-corrected chi connectivity index (χ0v) is 10.6. The number of nitrogens with one attached hydrogen (secondary N) is 1. The molecule has 0 saturated heterocycles. The van der Waals surface area contributed by atoms with E-state index in [9.17, 15) is 0 Å². The fourth-order valence-electron chi connectivity index (χ4n) is 2.67. The molecule has 2 heterocycles. The van der Waals surface area contributed by atoms with Gasteiger partial charge in [0.05, 0.1) is 12.1 Å². The highest BCUT2D eigenvalue weighted by Gasteiger charge is 2.31. The van der Waals surface area contributed by atoms with Crippen molar-refractivity contribution in [2.75, 3.05) is 13.7 Å². The summed E-state index contributed by atoms with van der Waals surface area (Å²) < 4.78 is 8.04. The van der Waals surface area contributed by atoms with Gasteiger partial charge in [-0.15, -0.1) is 0 Å². The summed E-state index contributed by atoms with van der Waals surface area (Å²) in [6, 6.07) is 8.70. The highest BCUT2D eigenvalue weighted by molar-refractivity contribution is 5.38. The van der Waals surface area contributed by atoms with Gasteiger partial charge in [0, 0.05) is 18.0 Å². The lowest BCUT2D eigenvalue weighted by Gasteiger charge is -2.34. The standard InChI is InChI=1S/C14H17N3O/c1-10-16-7-8-17(10)12-9-18-13-6-4-3-5-11(13)14(12)15-2/h3-8,12,14-15H,9H2,1-2H3. The van der Waals surface area contributed by atoms with Gasteiger partial charge in [-0.2, -0.15) is 0 Å². The molecule has 0 aliphatic carbocycles. The van der Waals surface area contributed by atoms with E-state index < -0.39 is 0 Å². The molecular formula is C14H17N3O. The molecule has 4 heteroatoms. The molecular weight excluding hydrogens is 226 g/mol. The topological polar surface area (TPSA) is 39.1 Å². The van der Waals surface area contributed by atoms with E-state index in [1.807, 2.05) is 38.5 Å². The predicted molar refractivity (Wildman–Crippen MR) is 69.7 cm³/mol. The van der Waals surface area contributed by atoms with Crippen LogP contribution in [0.5, 0.6) is 5.75 Å². The van der Waals surface area contributed by atoms with Crippen LogP contribution in [0.2, 0.25) is 0 Å². The maximum absolute atomic E-state index is 5.86. The number of likely N-dealkylation sites (N-methyl/N-ethyl adjacent to an activating group) is 1. The SMILES string of the molecule is CNC1c2ccccc2OCC1n1ccnc1C. The fraction of sp³-hybridized carbons (Fsp3) is 0.357. The smallest absolute Gasteiger partial charge is 0.124 e. The lowest BCUT2D eigenvalue weighted by atomic mass is 9.96. The van der Waals surface area contributed by atoms with Crippen molar-refractivity contribution in [2.45, 2.75) is 19.0 Å². The van der Waals surface area contributed by atoms with Gasteiger partial charge < -0.3 is 14.6 Å². The molecule has 0 bridgehead atoms. The van der Waals surface area contributed by atoms with Gasteiger partial charge in [0.25, 0.3) is 0 Å². The Labute approximate surface area is 107 Å². The summed E-state index contributed by atoms with van der Waals surface area (Å²) in [6.07, 6.45) is 3.85. The van der Waals surface area contributed by atoms with Crippen molar-refractivity contribution >= 4 is 0 Å². The second-order valence-electron chi connectivity index (χ2n) is 4.56. The number of fused-ring (bicyclic) bond motifs is 1. The van der Waals surface area contributed by atoms with Crippen LogP contribution in [0.15, 0.2) is 36.7 Å². The first-order valence-corrected chi connectivity index (χ1v) is 6.19. The third-order valence-electron chi connectivity index (χ3n) is 3.58. The Hall–Kier alpha value is -1.81. The Bertz CT molecular complexity index is 549. The molecule has 2 atom stereocenters. The summed E-state index contributed by atoms with van der Waals surface area (Å²) in [6.45, 7) is 2.69. The molecule has 0 fully saturated rings. The van der Waals surface area contributed by atoms with E-state index in [-0.39, 0.29) is 12.1 Å². The Morgan fingerprint density at radius 1 is 1.39 bits per heavy atom. The van der Waals surface area contributed by atoms with Crippen LogP contribution in [0.3, 0.4) is 0 Å². The monoisotopic (exact) mass is 243 g/mol. The Morgan fingerprint density at radius 3 is 2.94 bits per heavy atom. The molecule has 3 rings (SSSR count). The van der Waals surface area contributed by atoms with Crippen molar-refractivity contribution in [3.05, 3.63) is 48.0 Å². The lowest BCUT2D eigenvalue weighted by molar-refractivity contribution is 0.182. The molecule has 2 unspecified atom stereocenters. The second kappa shape index (κ2) is 4.46. The van der Waals surface area contributed by atoms with Gasteiger partial charge in [0.2, 0.25) is 0 Å². The van der Waals surface area contributed by atoms with E-state index in [1.54, 1.807) is 0 Å². The van der Waals surface area contributed by atoms with Crippen LogP contribution in [-0.4, -0.2) is 23.2 Å². The first-order valence-electron chi connectivity index (χ1n) is 6.19. The summed E-state index contributed by atoms with van der Waals surface area (Å²) in [5.41, 5.74) is 1.21. The van der Waals surface area contributed by atoms with Gasteiger partial charge in [0.1, 0.15) is 18.2 Å². The van der Waals surface area contributed by atoms with Crippen LogP contribution in [0, 0.1) is 6.92 Å². The van der Waals surface area contributed by atoms with E-state index in [1.165, 1.54) is 5.56 Å². The second-order valence-corrected chi connectivity index (χ2v) is 4.56. The number of aromatic nitrogens is 2. The molecule has 0 saturated carbocycles. The molecule has 1 aromatic heterocycles. The molecule has 2 aromatic rings. The summed E-state index contributed by atoms with van der Waals surface area (Å²) in [7, 11) is 1.99. The number of nitrogens with zero attached hydrogens (tertiary/aromatic N) is 2. The van der Waals surface area contributed by atoms with Crippen molar-refractivity contribution in [3.8, 4) is 5.75 Å². The molecule has 0 radical (unpaired) electrons. The highest BCUT2D eigenvalue weighted by atomic mass is 16.5. The van der Waals surface area contributed by atoms with Gasteiger partial charge in [-0.05, 0) is 20.0 Å². The molecule has 94 valence electrons. The lowest BCUT2D eigenvalue weighted by Crippen LogP contribution is -2.35. The quantitative estimate of drug-likeness (QED) is 0.877. The summed E-state index contributed by atoms with van der Waals surface area (Å²) >= 11 is 0. The summed E-state index contributed by atoms with van der Waals surface area (Å²) in [5, 5.41) is 3.40. The number of hydrogen-bond donors (Lipinski definition) is 1. The van der Waals surface area contributed by atoms with Crippen LogP contribution in [0.25, 0.3) is 0 Å². The maximum Gasteiger partial charge on any atom is 0.124 e. The third kappa shape index (κ3) is 1.69. The maximum atomic E-state index is 5.86. The van der Waals surface area contributed by atoms with E-state index in [4.69, 9.17) is 4.74 Å². The molecule has 1 aliphatic rings. The van der Waals surface area contributed by atoms with Crippen molar-refractivity contribution in [1.29, 1.82) is 0 Å². The molecule has 1 aromatic carbocycles. The zero-order chi connectivity index (χ0) is 12.5. The van der Waals surface area contributed by atoms with Crippen molar-refractivity contribution in [3.63, 3.8) is 0 Å². The Kier molecular flexibility index (Phi) is 2.80. The zero-order valence-electron chi connectivity index (χ0n) is 10.6. The van der Waals surface area contributed by atoms with Gasteiger partial charge in [-0.1, -0.05) is 18.2 Å². The fourth-order valence-corrected chi connectivity index (χ4v) is 2.67. The Morgan fingerprint density at radius 2 is 2.22 bits per heavy atom. The van der Waals surface area contributed by atoms with Gasteiger partial charge in [-0.25, -0.2) is 4.98 Å². The van der Waals surface area contributed by atoms with E-state index >= 15 is 0 Å². The number of hydrogen-bond acceptors (Lipinski definition) is 3. The summed E-state index contributed by atoms with van der Waals surface area (Å²) in [4.78, 5) is 4.30. The minimum Gasteiger partial charge on any atom is -0.491 e. The molecule has 1 N–H and O–H groups in total.